The summed E-state index contributed by atoms with van der Waals surface area (Å²) in [4.78, 5) is 0. The average molecular weight is 315 g/mol. The molecule has 1 nitrogen and oxygen atoms in total. The van der Waals surface area contributed by atoms with Crippen LogP contribution in [0.1, 0.15) is 43.0 Å². The first-order valence-electron chi connectivity index (χ1n) is 7.46. The normalized spacial score (nSPS) is 11.9. The molecule has 2 heteroatoms. The van der Waals surface area contributed by atoms with Gasteiger partial charge in [0.25, 0.3) is 0 Å². The van der Waals surface area contributed by atoms with Gasteiger partial charge >= 0.3 is 0 Å². The minimum absolute atomic E-state index is 0.0475. The highest BCUT2D eigenvalue weighted by Crippen LogP contribution is 2.33. The fraction of sp³-hybridized carbons (Fsp3) is 0.300. The maximum Gasteiger partial charge on any atom is 0.126 e. The standard InChI is InChI=1S/C20H23ClO/c1-20(2,3)18-12-16(19(22-4)13-17(18)14-21)11-10-15-8-6-5-7-9-15/h5-13H,14H2,1-4H3/b11-10+. The zero-order valence-corrected chi connectivity index (χ0v) is 14.4. The van der Waals surface area contributed by atoms with Crippen LogP contribution in [-0.4, -0.2) is 7.11 Å². The van der Waals surface area contributed by atoms with Gasteiger partial charge in [-0.1, -0.05) is 63.3 Å². The fourth-order valence-electron chi connectivity index (χ4n) is 2.50. The van der Waals surface area contributed by atoms with Crippen molar-refractivity contribution < 1.29 is 4.74 Å². The van der Waals surface area contributed by atoms with E-state index in [2.05, 4.69) is 57.2 Å². The molecule has 2 aromatic carbocycles. The Bertz CT molecular complexity index is 651. The molecular weight excluding hydrogens is 292 g/mol. The lowest BCUT2D eigenvalue weighted by atomic mass is 9.83. The van der Waals surface area contributed by atoms with Crippen LogP contribution in [0.2, 0.25) is 0 Å². The van der Waals surface area contributed by atoms with E-state index in [1.165, 1.54) is 11.1 Å². The van der Waals surface area contributed by atoms with E-state index >= 15 is 0 Å². The predicted molar refractivity (Wildman–Crippen MR) is 96.6 cm³/mol. The van der Waals surface area contributed by atoms with Crippen molar-refractivity contribution in [3.8, 4) is 5.75 Å². The van der Waals surface area contributed by atoms with E-state index < -0.39 is 0 Å². The highest BCUT2D eigenvalue weighted by Gasteiger charge is 2.19. The molecule has 2 aromatic rings. The second kappa shape index (κ2) is 7.02. The summed E-state index contributed by atoms with van der Waals surface area (Å²) in [5, 5.41) is 0. The number of rotatable bonds is 4. The third-order valence-electron chi connectivity index (χ3n) is 3.66. The van der Waals surface area contributed by atoms with Crippen LogP contribution in [-0.2, 0) is 11.3 Å². The van der Waals surface area contributed by atoms with Crippen LogP contribution in [0.25, 0.3) is 12.2 Å². The zero-order chi connectivity index (χ0) is 16.2. The van der Waals surface area contributed by atoms with Gasteiger partial charge in [-0.3, -0.25) is 0 Å². The lowest BCUT2D eigenvalue weighted by Crippen LogP contribution is -2.14. The Hall–Kier alpha value is -1.73. The first-order chi connectivity index (χ1) is 10.5. The maximum atomic E-state index is 6.12. The van der Waals surface area contributed by atoms with Crippen molar-refractivity contribution in [3.05, 3.63) is 64.7 Å². The first-order valence-corrected chi connectivity index (χ1v) is 7.99. The summed E-state index contributed by atoms with van der Waals surface area (Å²) >= 11 is 6.12. The Morgan fingerprint density at radius 1 is 1.05 bits per heavy atom. The average Bonchev–Trinajstić information content (AvgIpc) is 2.52. The van der Waals surface area contributed by atoms with Gasteiger partial charge in [0.1, 0.15) is 5.75 Å². The molecule has 0 aromatic heterocycles. The highest BCUT2D eigenvalue weighted by molar-refractivity contribution is 6.17. The quantitative estimate of drug-likeness (QED) is 0.504. The van der Waals surface area contributed by atoms with Gasteiger partial charge in [0.05, 0.1) is 7.11 Å². The first kappa shape index (κ1) is 16.6. The molecule has 0 aliphatic rings. The third-order valence-corrected chi connectivity index (χ3v) is 3.95. The molecule has 0 amide bonds. The van der Waals surface area contributed by atoms with E-state index in [1.54, 1.807) is 7.11 Å². The molecule has 0 fully saturated rings. The summed E-state index contributed by atoms with van der Waals surface area (Å²) in [5.41, 5.74) is 4.68. The molecule has 0 aliphatic carbocycles. The van der Waals surface area contributed by atoms with E-state index in [4.69, 9.17) is 16.3 Å². The molecule has 2 rings (SSSR count). The SMILES string of the molecule is COc1cc(CCl)c(C(C)(C)C)cc1/C=C/c1ccccc1. The smallest absolute Gasteiger partial charge is 0.126 e. The summed E-state index contributed by atoms with van der Waals surface area (Å²) in [6.07, 6.45) is 4.20. The maximum absolute atomic E-state index is 6.12. The molecule has 0 N–H and O–H groups in total. The number of halogens is 1. The van der Waals surface area contributed by atoms with Crippen LogP contribution in [0.3, 0.4) is 0 Å². The van der Waals surface area contributed by atoms with Crippen molar-refractivity contribution in [1.29, 1.82) is 0 Å². The van der Waals surface area contributed by atoms with E-state index in [0.29, 0.717) is 5.88 Å². The van der Waals surface area contributed by atoms with Crippen LogP contribution in [0.15, 0.2) is 42.5 Å². The van der Waals surface area contributed by atoms with Crippen LogP contribution >= 0.6 is 11.6 Å². The molecule has 0 aliphatic heterocycles. The minimum atomic E-state index is 0.0475. The number of benzene rings is 2. The van der Waals surface area contributed by atoms with E-state index in [9.17, 15) is 0 Å². The third kappa shape index (κ3) is 3.92. The second-order valence-corrected chi connectivity index (χ2v) is 6.65. The lowest BCUT2D eigenvalue weighted by molar-refractivity contribution is 0.412. The number of ether oxygens (including phenoxy) is 1. The molecule has 0 saturated carbocycles. The van der Waals surface area contributed by atoms with E-state index in [0.717, 1.165) is 16.9 Å². The molecule has 0 spiro atoms. The van der Waals surface area contributed by atoms with Gasteiger partial charge in [-0.25, -0.2) is 0 Å². The van der Waals surface area contributed by atoms with Crippen molar-refractivity contribution in [1.82, 2.24) is 0 Å². The van der Waals surface area contributed by atoms with Crippen LogP contribution in [0.5, 0.6) is 5.75 Å². The Labute approximate surface area is 138 Å². The predicted octanol–water partition coefficient (Wildman–Crippen LogP) is 5.90. The molecule has 0 heterocycles. The van der Waals surface area contributed by atoms with Gasteiger partial charge in [-0.15, -0.1) is 11.6 Å². The largest absolute Gasteiger partial charge is 0.496 e. The molecule has 0 radical (unpaired) electrons. The molecule has 0 saturated heterocycles. The monoisotopic (exact) mass is 314 g/mol. The molecule has 0 unspecified atom stereocenters. The molecule has 116 valence electrons. The molecule has 0 bridgehead atoms. The van der Waals surface area contributed by atoms with Crippen molar-refractivity contribution in [2.24, 2.45) is 0 Å². The lowest BCUT2D eigenvalue weighted by Gasteiger charge is -2.24. The number of alkyl halides is 1. The van der Waals surface area contributed by atoms with E-state index in [-0.39, 0.29) is 5.41 Å². The van der Waals surface area contributed by atoms with Crippen molar-refractivity contribution in [2.75, 3.05) is 7.11 Å². The summed E-state index contributed by atoms with van der Waals surface area (Å²) in [5.74, 6) is 1.35. The molecule has 22 heavy (non-hydrogen) atoms. The minimum Gasteiger partial charge on any atom is -0.496 e. The Kier molecular flexibility index (Phi) is 5.31. The number of methoxy groups -OCH3 is 1. The number of hydrogen-bond acceptors (Lipinski definition) is 1. The van der Waals surface area contributed by atoms with Crippen molar-refractivity contribution in [2.45, 2.75) is 32.1 Å². The van der Waals surface area contributed by atoms with Crippen LogP contribution in [0.4, 0.5) is 0 Å². The molecule has 0 atom stereocenters. The van der Waals surface area contributed by atoms with Gasteiger partial charge in [-0.2, -0.15) is 0 Å². The summed E-state index contributed by atoms with van der Waals surface area (Å²) in [7, 11) is 1.70. The van der Waals surface area contributed by atoms with Crippen LogP contribution in [0, 0.1) is 0 Å². The van der Waals surface area contributed by atoms with Crippen molar-refractivity contribution >= 4 is 23.8 Å². The summed E-state index contributed by atoms with van der Waals surface area (Å²) in [6, 6.07) is 14.5. The zero-order valence-electron chi connectivity index (χ0n) is 13.7. The Balaban J connectivity index is 2.48. The van der Waals surface area contributed by atoms with Crippen molar-refractivity contribution in [3.63, 3.8) is 0 Å². The Morgan fingerprint density at radius 3 is 2.27 bits per heavy atom. The van der Waals surface area contributed by atoms with Gasteiger partial charge in [0.2, 0.25) is 0 Å². The van der Waals surface area contributed by atoms with Gasteiger partial charge in [-0.05, 0) is 34.2 Å². The molecular formula is C20H23ClO. The van der Waals surface area contributed by atoms with E-state index in [1.807, 2.05) is 18.2 Å². The second-order valence-electron chi connectivity index (χ2n) is 6.38. The summed E-state index contributed by atoms with van der Waals surface area (Å²) in [6.45, 7) is 6.61. The van der Waals surface area contributed by atoms with Gasteiger partial charge < -0.3 is 4.74 Å². The Morgan fingerprint density at radius 2 is 1.73 bits per heavy atom. The topological polar surface area (TPSA) is 9.23 Å². The highest BCUT2D eigenvalue weighted by atomic mass is 35.5. The van der Waals surface area contributed by atoms with Gasteiger partial charge in [0, 0.05) is 11.4 Å². The fourth-order valence-corrected chi connectivity index (χ4v) is 2.73. The van der Waals surface area contributed by atoms with Crippen LogP contribution < -0.4 is 4.74 Å². The number of hydrogen-bond donors (Lipinski definition) is 0. The van der Waals surface area contributed by atoms with Gasteiger partial charge in [0.15, 0.2) is 0 Å². The summed E-state index contributed by atoms with van der Waals surface area (Å²) < 4.78 is 5.53.